The number of nitrogens with zero attached hydrogens (tertiary/aromatic N) is 2. The van der Waals surface area contributed by atoms with Crippen LogP contribution in [0, 0.1) is 5.92 Å². The third-order valence-corrected chi connectivity index (χ3v) is 3.15. The fourth-order valence-corrected chi connectivity index (χ4v) is 2.22. The zero-order valence-electron chi connectivity index (χ0n) is 9.54. The Morgan fingerprint density at radius 1 is 1.59 bits per heavy atom. The molecule has 1 aromatic rings. The van der Waals surface area contributed by atoms with Gasteiger partial charge in [0.1, 0.15) is 5.69 Å². The Kier molecular flexibility index (Phi) is 3.58. The molecule has 2 N–H and O–H groups in total. The lowest BCUT2D eigenvalue weighted by atomic mass is 10.1. The summed E-state index contributed by atoms with van der Waals surface area (Å²) in [5, 5.41) is 17.8. The zero-order chi connectivity index (χ0) is 12.3. The lowest BCUT2D eigenvalue weighted by molar-refractivity contribution is 0.0690. The second-order valence-corrected chi connectivity index (χ2v) is 4.32. The maximum atomic E-state index is 10.8. The summed E-state index contributed by atoms with van der Waals surface area (Å²) in [4.78, 5) is 16.8. The van der Waals surface area contributed by atoms with Crippen molar-refractivity contribution in [2.45, 2.75) is 12.8 Å². The molecule has 5 heteroatoms. The maximum absolute atomic E-state index is 10.8. The van der Waals surface area contributed by atoms with Crippen LogP contribution in [0.1, 0.15) is 23.3 Å². The molecule has 1 fully saturated rings. The standard InChI is InChI=1S/C12H16N2O3/c15-6-3-9-2-5-14(8-9)10-1-4-13-11(7-10)12(16)17/h1,4,7,9,15H,2-3,5-6,8H2,(H,16,17). The van der Waals surface area contributed by atoms with E-state index in [4.69, 9.17) is 10.2 Å². The van der Waals surface area contributed by atoms with E-state index in [9.17, 15) is 4.79 Å². The van der Waals surface area contributed by atoms with Gasteiger partial charge in [0, 0.05) is 31.6 Å². The Morgan fingerprint density at radius 2 is 2.41 bits per heavy atom. The molecule has 5 nitrogen and oxygen atoms in total. The molecule has 2 rings (SSSR count). The monoisotopic (exact) mass is 236 g/mol. The number of carboxylic acids is 1. The largest absolute Gasteiger partial charge is 0.477 e. The smallest absolute Gasteiger partial charge is 0.354 e. The van der Waals surface area contributed by atoms with Gasteiger partial charge in [-0.25, -0.2) is 9.78 Å². The third kappa shape index (κ3) is 2.74. The van der Waals surface area contributed by atoms with Crippen molar-refractivity contribution in [2.24, 2.45) is 5.92 Å². The summed E-state index contributed by atoms with van der Waals surface area (Å²) in [6.07, 6.45) is 3.39. The molecule has 0 amide bonds. The summed E-state index contributed by atoms with van der Waals surface area (Å²) in [7, 11) is 0. The Morgan fingerprint density at radius 3 is 3.12 bits per heavy atom. The second kappa shape index (κ2) is 5.14. The Bertz CT molecular complexity index is 408. The third-order valence-electron chi connectivity index (χ3n) is 3.15. The minimum Gasteiger partial charge on any atom is -0.477 e. The highest BCUT2D eigenvalue weighted by Gasteiger charge is 2.22. The molecule has 1 aromatic heterocycles. The molecule has 2 heterocycles. The summed E-state index contributed by atoms with van der Waals surface area (Å²) >= 11 is 0. The van der Waals surface area contributed by atoms with Crippen LogP contribution in [0.15, 0.2) is 18.3 Å². The van der Waals surface area contributed by atoms with Crippen LogP contribution in [0.4, 0.5) is 5.69 Å². The number of carbonyl (C=O) groups is 1. The average molecular weight is 236 g/mol. The normalized spacial score (nSPS) is 19.6. The first kappa shape index (κ1) is 11.9. The van der Waals surface area contributed by atoms with E-state index in [0.29, 0.717) is 5.92 Å². The molecule has 0 saturated carbocycles. The highest BCUT2D eigenvalue weighted by atomic mass is 16.4. The van der Waals surface area contributed by atoms with Gasteiger partial charge in [-0.05, 0) is 30.9 Å². The van der Waals surface area contributed by atoms with Gasteiger partial charge in [0.25, 0.3) is 0 Å². The van der Waals surface area contributed by atoms with Crippen LogP contribution in [0.3, 0.4) is 0 Å². The fraction of sp³-hybridized carbons (Fsp3) is 0.500. The van der Waals surface area contributed by atoms with Crippen LogP contribution < -0.4 is 4.90 Å². The molecule has 0 aromatic carbocycles. The number of anilines is 1. The molecule has 1 unspecified atom stereocenters. The molecule has 17 heavy (non-hydrogen) atoms. The highest BCUT2D eigenvalue weighted by molar-refractivity contribution is 5.86. The number of aromatic carboxylic acids is 1. The van der Waals surface area contributed by atoms with Crippen molar-refractivity contribution in [2.75, 3.05) is 24.6 Å². The number of carboxylic acid groups (broad SMARTS) is 1. The number of pyridine rings is 1. The summed E-state index contributed by atoms with van der Waals surface area (Å²) in [5.74, 6) is -0.501. The van der Waals surface area contributed by atoms with Gasteiger partial charge < -0.3 is 15.1 Å². The first-order valence-electron chi connectivity index (χ1n) is 5.76. The van der Waals surface area contributed by atoms with Gasteiger partial charge in [0.05, 0.1) is 0 Å². The predicted molar refractivity (Wildman–Crippen MR) is 63.2 cm³/mol. The molecular weight excluding hydrogens is 220 g/mol. The molecule has 1 aliphatic heterocycles. The molecule has 92 valence electrons. The van der Waals surface area contributed by atoms with E-state index in [2.05, 4.69) is 9.88 Å². The van der Waals surface area contributed by atoms with Gasteiger partial charge in [-0.15, -0.1) is 0 Å². The number of aliphatic hydroxyl groups excluding tert-OH is 1. The number of aliphatic hydroxyl groups is 1. The van der Waals surface area contributed by atoms with Crippen molar-refractivity contribution in [1.29, 1.82) is 0 Å². The Balaban J connectivity index is 2.08. The van der Waals surface area contributed by atoms with Gasteiger partial charge in [-0.2, -0.15) is 0 Å². The van der Waals surface area contributed by atoms with Crippen LogP contribution >= 0.6 is 0 Å². The van der Waals surface area contributed by atoms with Crippen molar-refractivity contribution >= 4 is 11.7 Å². The average Bonchev–Trinajstić information content (AvgIpc) is 2.78. The highest BCUT2D eigenvalue weighted by Crippen LogP contribution is 2.25. The fourth-order valence-electron chi connectivity index (χ4n) is 2.22. The molecule has 1 atom stereocenters. The van der Waals surface area contributed by atoms with Crippen molar-refractivity contribution in [3.63, 3.8) is 0 Å². The first-order valence-corrected chi connectivity index (χ1v) is 5.76. The van der Waals surface area contributed by atoms with E-state index in [1.807, 2.05) is 6.07 Å². The number of aromatic nitrogens is 1. The minimum absolute atomic E-state index is 0.0770. The molecular formula is C12H16N2O3. The Hall–Kier alpha value is -1.62. The van der Waals surface area contributed by atoms with E-state index in [0.717, 1.165) is 31.6 Å². The van der Waals surface area contributed by atoms with Gasteiger partial charge >= 0.3 is 5.97 Å². The van der Waals surface area contributed by atoms with Crippen LogP contribution in [0.5, 0.6) is 0 Å². The molecule has 0 spiro atoms. The lowest BCUT2D eigenvalue weighted by Crippen LogP contribution is -2.20. The van der Waals surface area contributed by atoms with Crippen LogP contribution in [-0.2, 0) is 0 Å². The van der Waals surface area contributed by atoms with E-state index >= 15 is 0 Å². The van der Waals surface area contributed by atoms with Crippen molar-refractivity contribution in [3.8, 4) is 0 Å². The number of hydrogen-bond donors (Lipinski definition) is 2. The SMILES string of the molecule is O=C(O)c1cc(N2CCC(CCO)C2)ccn1. The van der Waals surface area contributed by atoms with Gasteiger partial charge in [0.15, 0.2) is 0 Å². The van der Waals surface area contributed by atoms with E-state index < -0.39 is 5.97 Å². The Labute approximate surface area is 99.7 Å². The van der Waals surface area contributed by atoms with Gasteiger partial charge in [0.2, 0.25) is 0 Å². The minimum atomic E-state index is -1.00. The first-order chi connectivity index (χ1) is 8.20. The van der Waals surface area contributed by atoms with E-state index in [1.54, 1.807) is 6.07 Å². The summed E-state index contributed by atoms with van der Waals surface area (Å²) in [6.45, 7) is 2.01. The summed E-state index contributed by atoms with van der Waals surface area (Å²) < 4.78 is 0. The topological polar surface area (TPSA) is 73.7 Å². The lowest BCUT2D eigenvalue weighted by Gasteiger charge is -2.18. The summed E-state index contributed by atoms with van der Waals surface area (Å²) in [6, 6.07) is 3.43. The van der Waals surface area contributed by atoms with E-state index in [-0.39, 0.29) is 12.3 Å². The van der Waals surface area contributed by atoms with Crippen LogP contribution in [0.25, 0.3) is 0 Å². The molecule has 0 bridgehead atoms. The predicted octanol–water partition coefficient (Wildman–Crippen LogP) is 0.988. The quantitative estimate of drug-likeness (QED) is 0.815. The van der Waals surface area contributed by atoms with Crippen LogP contribution in [0.2, 0.25) is 0 Å². The van der Waals surface area contributed by atoms with Crippen molar-refractivity contribution in [3.05, 3.63) is 24.0 Å². The van der Waals surface area contributed by atoms with E-state index in [1.165, 1.54) is 6.20 Å². The molecule has 1 saturated heterocycles. The number of hydrogen-bond acceptors (Lipinski definition) is 4. The molecule has 0 aliphatic carbocycles. The van der Waals surface area contributed by atoms with Crippen molar-refractivity contribution in [1.82, 2.24) is 4.98 Å². The molecule has 0 radical (unpaired) electrons. The van der Waals surface area contributed by atoms with Gasteiger partial charge in [-0.3, -0.25) is 0 Å². The maximum Gasteiger partial charge on any atom is 0.354 e. The zero-order valence-corrected chi connectivity index (χ0v) is 9.54. The number of rotatable bonds is 4. The molecule has 1 aliphatic rings. The van der Waals surface area contributed by atoms with Gasteiger partial charge in [-0.1, -0.05) is 0 Å². The summed E-state index contributed by atoms with van der Waals surface area (Å²) in [5.41, 5.74) is 0.978. The van der Waals surface area contributed by atoms with Crippen molar-refractivity contribution < 1.29 is 15.0 Å². The van der Waals surface area contributed by atoms with Crippen LogP contribution in [-0.4, -0.2) is 40.9 Å². The second-order valence-electron chi connectivity index (χ2n) is 4.32.